The molecule has 5 nitrogen and oxygen atoms in total. The van der Waals surface area contributed by atoms with Gasteiger partial charge in [0.2, 0.25) is 0 Å². The summed E-state index contributed by atoms with van der Waals surface area (Å²) in [5.41, 5.74) is 1.66. The zero-order chi connectivity index (χ0) is 11.4. The van der Waals surface area contributed by atoms with Gasteiger partial charge < -0.3 is 9.84 Å². The van der Waals surface area contributed by atoms with Crippen LogP contribution in [0.5, 0.6) is 0 Å². The third kappa shape index (κ3) is 2.43. The molecule has 0 aliphatic carbocycles. The lowest BCUT2D eigenvalue weighted by atomic mass is 10.3. The largest absolute Gasteiger partial charge is 0.332 e. The molecule has 0 saturated carbocycles. The van der Waals surface area contributed by atoms with E-state index in [1.807, 2.05) is 32.2 Å². The van der Waals surface area contributed by atoms with E-state index in [2.05, 4.69) is 20.4 Å². The van der Waals surface area contributed by atoms with E-state index in [9.17, 15) is 0 Å². The first-order valence-corrected chi connectivity index (χ1v) is 5.21. The molecule has 0 radical (unpaired) electrons. The third-order valence-electron chi connectivity index (χ3n) is 2.17. The molecule has 5 heteroatoms. The number of likely N-dealkylation sites (N-methyl/N-ethyl adjacent to an activating group) is 1. The molecule has 0 unspecified atom stereocenters. The Hall–Kier alpha value is -1.75. The Morgan fingerprint density at radius 2 is 2.19 bits per heavy atom. The van der Waals surface area contributed by atoms with Gasteiger partial charge in [0, 0.05) is 18.7 Å². The first-order valence-electron chi connectivity index (χ1n) is 5.21. The topological polar surface area (TPSA) is 63.8 Å². The quantitative estimate of drug-likeness (QED) is 0.835. The average Bonchev–Trinajstić information content (AvgIpc) is 2.75. The minimum atomic E-state index is 0.481. The molecule has 0 atom stereocenters. The summed E-state index contributed by atoms with van der Waals surface area (Å²) in [6, 6.07) is 5.72. The molecule has 1 N–H and O–H groups in total. The van der Waals surface area contributed by atoms with Crippen molar-refractivity contribution in [3.05, 3.63) is 29.7 Å². The van der Waals surface area contributed by atoms with Crippen LogP contribution in [0.1, 0.15) is 11.5 Å². The van der Waals surface area contributed by atoms with Crippen LogP contribution in [-0.2, 0) is 6.42 Å². The van der Waals surface area contributed by atoms with Crippen LogP contribution >= 0.6 is 0 Å². The third-order valence-corrected chi connectivity index (χ3v) is 2.17. The second kappa shape index (κ2) is 4.85. The zero-order valence-corrected chi connectivity index (χ0v) is 9.40. The van der Waals surface area contributed by atoms with E-state index in [1.54, 1.807) is 0 Å². The predicted octanol–water partition coefficient (Wildman–Crippen LogP) is 1.20. The zero-order valence-electron chi connectivity index (χ0n) is 9.40. The van der Waals surface area contributed by atoms with Gasteiger partial charge in [-0.15, -0.1) is 0 Å². The Morgan fingerprint density at radius 1 is 1.31 bits per heavy atom. The smallest absolute Gasteiger partial charge is 0.276 e. The van der Waals surface area contributed by atoms with Crippen molar-refractivity contribution in [3.8, 4) is 11.6 Å². The number of nitrogens with one attached hydrogen (secondary N) is 1. The molecule has 2 aromatic rings. The fourth-order valence-corrected chi connectivity index (χ4v) is 1.36. The van der Waals surface area contributed by atoms with Crippen molar-refractivity contribution in [1.29, 1.82) is 0 Å². The molecule has 0 bridgehead atoms. The minimum absolute atomic E-state index is 0.481. The molecule has 2 aromatic heterocycles. The summed E-state index contributed by atoms with van der Waals surface area (Å²) in [4.78, 5) is 8.60. The van der Waals surface area contributed by atoms with Crippen LogP contribution in [0.25, 0.3) is 11.6 Å². The summed E-state index contributed by atoms with van der Waals surface area (Å²) >= 11 is 0. The van der Waals surface area contributed by atoms with Crippen LogP contribution in [0.15, 0.2) is 22.7 Å². The van der Waals surface area contributed by atoms with Gasteiger partial charge >= 0.3 is 0 Å². The second-order valence-corrected chi connectivity index (χ2v) is 3.53. The highest BCUT2D eigenvalue weighted by Gasteiger charge is 2.09. The van der Waals surface area contributed by atoms with Crippen molar-refractivity contribution in [2.45, 2.75) is 13.3 Å². The fraction of sp³-hybridized carbons (Fsp3) is 0.364. The van der Waals surface area contributed by atoms with E-state index >= 15 is 0 Å². The van der Waals surface area contributed by atoms with E-state index < -0.39 is 0 Å². The Balaban J connectivity index is 2.18. The number of hydrogen-bond acceptors (Lipinski definition) is 5. The summed E-state index contributed by atoms with van der Waals surface area (Å²) in [6.07, 6.45) is 0.756. The van der Waals surface area contributed by atoms with Crippen LogP contribution in [0, 0.1) is 6.92 Å². The van der Waals surface area contributed by atoms with Gasteiger partial charge in [-0.3, -0.25) is 0 Å². The molecule has 0 amide bonds. The van der Waals surface area contributed by atoms with Crippen molar-refractivity contribution in [3.63, 3.8) is 0 Å². The number of pyridine rings is 1. The summed E-state index contributed by atoms with van der Waals surface area (Å²) in [7, 11) is 1.89. The van der Waals surface area contributed by atoms with Crippen molar-refractivity contribution in [2.24, 2.45) is 0 Å². The van der Waals surface area contributed by atoms with E-state index in [-0.39, 0.29) is 0 Å². The molecular weight excluding hydrogens is 204 g/mol. The van der Waals surface area contributed by atoms with Crippen LogP contribution in [0.3, 0.4) is 0 Å². The minimum Gasteiger partial charge on any atom is -0.332 e. The average molecular weight is 218 g/mol. The van der Waals surface area contributed by atoms with Crippen molar-refractivity contribution in [2.75, 3.05) is 13.6 Å². The highest BCUT2D eigenvalue weighted by molar-refractivity contribution is 5.46. The van der Waals surface area contributed by atoms with Crippen LogP contribution < -0.4 is 5.32 Å². The summed E-state index contributed by atoms with van der Waals surface area (Å²) in [5, 5.41) is 6.93. The molecule has 84 valence electrons. The highest BCUT2D eigenvalue weighted by Crippen LogP contribution is 2.14. The first-order chi connectivity index (χ1) is 7.79. The molecule has 0 spiro atoms. The first kappa shape index (κ1) is 10.8. The standard InChI is InChI=1S/C11H14N4O/c1-8-4-3-5-9(13-8)11-14-10(15-16-11)6-7-12-2/h3-5,12H,6-7H2,1-2H3. The van der Waals surface area contributed by atoms with E-state index in [0.717, 1.165) is 24.4 Å². The second-order valence-electron chi connectivity index (χ2n) is 3.53. The molecule has 2 rings (SSSR count). The van der Waals surface area contributed by atoms with Crippen molar-refractivity contribution < 1.29 is 4.52 Å². The summed E-state index contributed by atoms with van der Waals surface area (Å²) in [6.45, 7) is 2.77. The highest BCUT2D eigenvalue weighted by atomic mass is 16.5. The lowest BCUT2D eigenvalue weighted by Crippen LogP contribution is -2.11. The maximum absolute atomic E-state index is 5.15. The molecule has 16 heavy (non-hydrogen) atoms. The molecule has 2 heterocycles. The molecule has 0 fully saturated rings. The van der Waals surface area contributed by atoms with E-state index in [4.69, 9.17) is 4.52 Å². The predicted molar refractivity (Wildman–Crippen MR) is 59.9 cm³/mol. The summed E-state index contributed by atoms with van der Waals surface area (Å²) in [5.74, 6) is 1.18. The lowest BCUT2D eigenvalue weighted by molar-refractivity contribution is 0.420. The SMILES string of the molecule is CNCCc1noc(-c2cccc(C)n2)n1. The van der Waals surface area contributed by atoms with Crippen LogP contribution in [0.4, 0.5) is 0 Å². The van der Waals surface area contributed by atoms with E-state index in [1.165, 1.54) is 0 Å². The van der Waals surface area contributed by atoms with E-state index in [0.29, 0.717) is 11.7 Å². The maximum atomic E-state index is 5.15. The Bertz CT molecular complexity index is 467. The Morgan fingerprint density at radius 3 is 2.94 bits per heavy atom. The Labute approximate surface area is 93.9 Å². The van der Waals surface area contributed by atoms with Gasteiger partial charge in [0.1, 0.15) is 5.69 Å². The van der Waals surface area contributed by atoms with Gasteiger partial charge in [-0.05, 0) is 26.1 Å². The van der Waals surface area contributed by atoms with Gasteiger partial charge in [0.05, 0.1) is 0 Å². The van der Waals surface area contributed by atoms with Crippen LogP contribution in [-0.4, -0.2) is 28.7 Å². The molecular formula is C11H14N4O. The fourth-order valence-electron chi connectivity index (χ4n) is 1.36. The van der Waals surface area contributed by atoms with Crippen molar-refractivity contribution >= 4 is 0 Å². The molecule has 0 saturated heterocycles. The van der Waals surface area contributed by atoms with Crippen LogP contribution in [0.2, 0.25) is 0 Å². The molecule has 0 aliphatic heterocycles. The van der Waals surface area contributed by atoms with Gasteiger partial charge in [-0.25, -0.2) is 4.98 Å². The number of aryl methyl sites for hydroxylation is 1. The maximum Gasteiger partial charge on any atom is 0.276 e. The number of nitrogens with zero attached hydrogens (tertiary/aromatic N) is 3. The monoisotopic (exact) mass is 218 g/mol. The Kier molecular flexibility index (Phi) is 3.26. The lowest BCUT2D eigenvalue weighted by Gasteiger charge is -1.94. The van der Waals surface area contributed by atoms with Gasteiger partial charge in [-0.2, -0.15) is 4.98 Å². The van der Waals surface area contributed by atoms with Gasteiger partial charge in [0.15, 0.2) is 5.82 Å². The normalized spacial score (nSPS) is 10.6. The number of aromatic nitrogens is 3. The number of hydrogen-bond donors (Lipinski definition) is 1. The molecule has 0 aromatic carbocycles. The van der Waals surface area contributed by atoms with Gasteiger partial charge in [-0.1, -0.05) is 11.2 Å². The molecule has 0 aliphatic rings. The van der Waals surface area contributed by atoms with Gasteiger partial charge in [0.25, 0.3) is 5.89 Å². The number of rotatable bonds is 4. The van der Waals surface area contributed by atoms with Crippen molar-refractivity contribution in [1.82, 2.24) is 20.4 Å². The summed E-state index contributed by atoms with van der Waals surface area (Å²) < 4.78 is 5.15.